The normalized spacial score (nSPS) is 22.2. The predicted molar refractivity (Wildman–Crippen MR) is 75.9 cm³/mol. The van der Waals surface area contributed by atoms with E-state index in [2.05, 4.69) is 18.8 Å². The Labute approximate surface area is 117 Å². The van der Waals surface area contributed by atoms with Gasteiger partial charge in [0.05, 0.1) is 28.9 Å². The molecule has 0 aliphatic carbocycles. The maximum Gasteiger partial charge on any atom is 0.264 e. The van der Waals surface area contributed by atoms with Crippen molar-refractivity contribution in [1.29, 1.82) is 0 Å². The molecule has 2 unspecified atom stereocenters. The van der Waals surface area contributed by atoms with Crippen molar-refractivity contribution in [3.05, 3.63) is 21.9 Å². The van der Waals surface area contributed by atoms with Gasteiger partial charge in [-0.1, -0.05) is 18.8 Å². The van der Waals surface area contributed by atoms with Gasteiger partial charge in [0.1, 0.15) is 0 Å². The van der Waals surface area contributed by atoms with E-state index in [9.17, 15) is 9.90 Å². The number of carbonyl (C=O) groups is 1. The Balaban J connectivity index is 2.13. The third-order valence-electron chi connectivity index (χ3n) is 3.46. The van der Waals surface area contributed by atoms with Crippen LogP contribution in [0.2, 0.25) is 0 Å². The molecule has 0 bridgehead atoms. The number of rotatable bonds is 2. The zero-order valence-electron chi connectivity index (χ0n) is 10.9. The first-order valence-electron chi connectivity index (χ1n) is 6.38. The number of aliphatic hydroxyl groups is 1. The molecule has 1 aliphatic rings. The molecule has 0 saturated carbocycles. The third kappa shape index (κ3) is 2.98. The van der Waals surface area contributed by atoms with Crippen LogP contribution in [0.4, 0.5) is 0 Å². The Morgan fingerprint density at radius 1 is 1.63 bits per heavy atom. The smallest absolute Gasteiger partial charge is 0.264 e. The van der Waals surface area contributed by atoms with E-state index in [1.807, 2.05) is 6.07 Å². The van der Waals surface area contributed by atoms with Crippen LogP contribution >= 0.6 is 11.3 Å². The minimum Gasteiger partial charge on any atom is -0.394 e. The van der Waals surface area contributed by atoms with Crippen molar-refractivity contribution in [3.8, 4) is 11.8 Å². The predicted octanol–water partition coefficient (Wildman–Crippen LogP) is 0.901. The summed E-state index contributed by atoms with van der Waals surface area (Å²) in [6.07, 6.45) is 0.947. The molecule has 1 aromatic rings. The van der Waals surface area contributed by atoms with Crippen molar-refractivity contribution in [2.75, 3.05) is 19.7 Å². The molecule has 2 rings (SSSR count). The van der Waals surface area contributed by atoms with Gasteiger partial charge >= 0.3 is 0 Å². The highest BCUT2D eigenvalue weighted by Gasteiger charge is 2.34. The van der Waals surface area contributed by atoms with E-state index < -0.39 is 0 Å². The summed E-state index contributed by atoms with van der Waals surface area (Å²) in [6, 6.07) is 3.58. The van der Waals surface area contributed by atoms with E-state index in [4.69, 9.17) is 5.73 Å². The Kier molecular flexibility index (Phi) is 4.59. The van der Waals surface area contributed by atoms with Gasteiger partial charge in [-0.2, -0.15) is 0 Å². The van der Waals surface area contributed by atoms with Gasteiger partial charge < -0.3 is 15.7 Å². The average Bonchev–Trinajstić information content (AvgIpc) is 3.02. The van der Waals surface area contributed by atoms with Crippen molar-refractivity contribution in [1.82, 2.24) is 4.90 Å². The topological polar surface area (TPSA) is 66.6 Å². The van der Waals surface area contributed by atoms with E-state index in [0.717, 1.165) is 11.3 Å². The van der Waals surface area contributed by atoms with Gasteiger partial charge in [-0.25, -0.2) is 0 Å². The van der Waals surface area contributed by atoms with Gasteiger partial charge in [-0.05, 0) is 24.5 Å². The number of amides is 1. The largest absolute Gasteiger partial charge is 0.394 e. The number of hydrogen-bond donors (Lipinski definition) is 2. The van der Waals surface area contributed by atoms with E-state index in [-0.39, 0.29) is 18.6 Å². The molecule has 1 fully saturated rings. The Bertz CT molecular complexity index is 515. The quantitative estimate of drug-likeness (QED) is 0.790. The van der Waals surface area contributed by atoms with Crippen LogP contribution in [-0.2, 0) is 0 Å². The fraction of sp³-hybridized carbons (Fsp3) is 0.500. The van der Waals surface area contributed by atoms with Gasteiger partial charge in [0, 0.05) is 6.54 Å². The van der Waals surface area contributed by atoms with Crippen LogP contribution in [0, 0.1) is 17.8 Å². The fourth-order valence-electron chi connectivity index (χ4n) is 2.34. The van der Waals surface area contributed by atoms with Crippen LogP contribution in [0.15, 0.2) is 12.1 Å². The fourth-order valence-corrected chi connectivity index (χ4v) is 3.18. The van der Waals surface area contributed by atoms with Crippen LogP contribution in [0.25, 0.3) is 0 Å². The molecule has 2 heterocycles. The zero-order valence-corrected chi connectivity index (χ0v) is 11.7. The lowest BCUT2D eigenvalue weighted by Gasteiger charge is -2.24. The minimum atomic E-state index is -0.0619. The molecule has 19 heavy (non-hydrogen) atoms. The molecule has 0 radical (unpaired) electrons. The van der Waals surface area contributed by atoms with E-state index in [0.29, 0.717) is 23.9 Å². The number of aliphatic hydroxyl groups excluding tert-OH is 1. The van der Waals surface area contributed by atoms with Crippen LogP contribution in [0.3, 0.4) is 0 Å². The van der Waals surface area contributed by atoms with Crippen LogP contribution in [0.5, 0.6) is 0 Å². The molecule has 4 nitrogen and oxygen atoms in total. The number of nitrogens with zero attached hydrogens (tertiary/aromatic N) is 1. The molecule has 0 spiro atoms. The Morgan fingerprint density at radius 2 is 2.42 bits per heavy atom. The van der Waals surface area contributed by atoms with Crippen molar-refractivity contribution in [3.63, 3.8) is 0 Å². The molecule has 102 valence electrons. The molecule has 1 saturated heterocycles. The monoisotopic (exact) mass is 278 g/mol. The minimum absolute atomic E-state index is 0.00537. The summed E-state index contributed by atoms with van der Waals surface area (Å²) in [5.74, 6) is 6.05. The maximum absolute atomic E-state index is 12.4. The lowest BCUT2D eigenvalue weighted by molar-refractivity contribution is 0.0653. The highest BCUT2D eigenvalue weighted by molar-refractivity contribution is 7.14. The zero-order chi connectivity index (χ0) is 13.8. The summed E-state index contributed by atoms with van der Waals surface area (Å²) in [5, 5.41) is 9.40. The molecule has 0 aromatic carbocycles. The summed E-state index contributed by atoms with van der Waals surface area (Å²) in [7, 11) is 0. The van der Waals surface area contributed by atoms with Crippen LogP contribution < -0.4 is 5.73 Å². The summed E-state index contributed by atoms with van der Waals surface area (Å²) in [4.78, 5) is 15.7. The van der Waals surface area contributed by atoms with Gasteiger partial charge in [0.15, 0.2) is 0 Å². The van der Waals surface area contributed by atoms with Gasteiger partial charge in [0.2, 0.25) is 0 Å². The van der Waals surface area contributed by atoms with Gasteiger partial charge in [0.25, 0.3) is 5.91 Å². The maximum atomic E-state index is 12.4. The van der Waals surface area contributed by atoms with Crippen molar-refractivity contribution in [2.24, 2.45) is 11.7 Å². The Hall–Kier alpha value is -1.35. The summed E-state index contributed by atoms with van der Waals surface area (Å²) in [5.41, 5.74) is 5.32. The van der Waals surface area contributed by atoms with Crippen molar-refractivity contribution >= 4 is 17.2 Å². The first kappa shape index (κ1) is 14.1. The molecule has 1 aromatic heterocycles. The molecular formula is C14H18N2O2S. The van der Waals surface area contributed by atoms with Crippen LogP contribution in [0.1, 0.15) is 27.9 Å². The molecule has 3 N–H and O–H groups in total. The molecule has 5 heteroatoms. The van der Waals surface area contributed by atoms with E-state index in [1.165, 1.54) is 11.3 Å². The van der Waals surface area contributed by atoms with E-state index >= 15 is 0 Å². The standard InChI is InChI=1S/C14H18N2O2S/c1-10-6-8-16(12(10)9-17)14(18)13-5-4-11(19-13)3-2-7-15/h4-5,10,12,17H,6-9,15H2,1H3. The van der Waals surface area contributed by atoms with Gasteiger partial charge in [-0.3, -0.25) is 4.79 Å². The Morgan fingerprint density at radius 3 is 3.11 bits per heavy atom. The second kappa shape index (κ2) is 6.20. The van der Waals surface area contributed by atoms with Crippen molar-refractivity contribution in [2.45, 2.75) is 19.4 Å². The second-order valence-electron chi connectivity index (χ2n) is 4.68. The molecule has 1 amide bonds. The first-order chi connectivity index (χ1) is 9.17. The highest BCUT2D eigenvalue weighted by atomic mass is 32.1. The van der Waals surface area contributed by atoms with Crippen LogP contribution in [-0.4, -0.2) is 41.7 Å². The number of likely N-dealkylation sites (tertiary alicyclic amines) is 1. The van der Waals surface area contributed by atoms with Gasteiger partial charge in [-0.15, -0.1) is 11.3 Å². The molecular weight excluding hydrogens is 260 g/mol. The third-order valence-corrected chi connectivity index (χ3v) is 4.45. The highest BCUT2D eigenvalue weighted by Crippen LogP contribution is 2.27. The SMILES string of the molecule is CC1CCN(C(=O)c2ccc(C#CCN)s2)C1CO. The second-order valence-corrected chi connectivity index (χ2v) is 5.77. The van der Waals surface area contributed by atoms with Crippen molar-refractivity contribution < 1.29 is 9.90 Å². The van der Waals surface area contributed by atoms with E-state index in [1.54, 1.807) is 11.0 Å². The summed E-state index contributed by atoms with van der Waals surface area (Å²) < 4.78 is 0. The first-order valence-corrected chi connectivity index (χ1v) is 7.19. The lowest BCUT2D eigenvalue weighted by Crippen LogP contribution is -2.39. The molecule has 2 atom stereocenters. The summed E-state index contributed by atoms with van der Waals surface area (Å²) in [6.45, 7) is 3.13. The number of nitrogens with two attached hydrogens (primary N) is 1. The number of carbonyl (C=O) groups excluding carboxylic acids is 1. The number of hydrogen-bond acceptors (Lipinski definition) is 4. The lowest BCUT2D eigenvalue weighted by atomic mass is 10.0. The molecule has 1 aliphatic heterocycles. The number of thiophene rings is 1. The summed E-state index contributed by atoms with van der Waals surface area (Å²) >= 11 is 1.38. The average molecular weight is 278 g/mol.